The first-order chi connectivity index (χ1) is 15.5. The van der Waals surface area contributed by atoms with Crippen molar-refractivity contribution >= 4 is 40.0 Å². The molecular formula is C22H13ClF3N3O4. The quantitative estimate of drug-likeness (QED) is 0.263. The van der Waals surface area contributed by atoms with E-state index in [0.717, 1.165) is 12.1 Å². The number of rotatable bonds is 4. The fraction of sp³-hybridized carbons (Fsp3) is 0.0909. The molecule has 0 saturated heterocycles. The number of carbonyl (C=O) groups excluding carboxylic acids is 1. The van der Waals surface area contributed by atoms with E-state index in [0.29, 0.717) is 33.3 Å². The number of amides is 1. The third-order valence-corrected chi connectivity index (χ3v) is 5.16. The Kier molecular flexibility index (Phi) is 5.54. The number of nitro groups is 1. The third kappa shape index (κ3) is 4.37. The maximum Gasteiger partial charge on any atom is 0.417 e. The second-order valence-corrected chi connectivity index (χ2v) is 7.48. The van der Waals surface area contributed by atoms with Crippen molar-refractivity contribution in [3.05, 3.63) is 86.4 Å². The van der Waals surface area contributed by atoms with Crippen molar-refractivity contribution in [3.8, 4) is 11.5 Å². The van der Waals surface area contributed by atoms with E-state index in [-0.39, 0.29) is 11.6 Å². The van der Waals surface area contributed by atoms with Gasteiger partial charge in [0.05, 0.1) is 16.1 Å². The number of nitrogens with zero attached hydrogens (tertiary/aromatic N) is 2. The van der Waals surface area contributed by atoms with Gasteiger partial charge in [0, 0.05) is 28.4 Å². The predicted molar refractivity (Wildman–Crippen MR) is 115 cm³/mol. The maximum atomic E-state index is 13.5. The summed E-state index contributed by atoms with van der Waals surface area (Å²) in [5.74, 6) is -0.825. The molecule has 0 saturated carbocycles. The van der Waals surface area contributed by atoms with Crippen molar-refractivity contribution in [2.24, 2.45) is 0 Å². The molecule has 11 heteroatoms. The molecule has 4 aromatic rings. The molecule has 0 radical (unpaired) electrons. The molecule has 1 amide bonds. The van der Waals surface area contributed by atoms with Gasteiger partial charge >= 0.3 is 6.18 Å². The number of oxazole rings is 1. The molecule has 4 rings (SSSR count). The van der Waals surface area contributed by atoms with Crippen LogP contribution in [0.25, 0.3) is 22.6 Å². The number of fused-ring (bicyclic) bond motifs is 1. The summed E-state index contributed by atoms with van der Waals surface area (Å²) in [5, 5.41) is 13.8. The van der Waals surface area contributed by atoms with Crippen LogP contribution in [-0.4, -0.2) is 15.8 Å². The van der Waals surface area contributed by atoms with Gasteiger partial charge in [-0.25, -0.2) is 4.98 Å². The topological polar surface area (TPSA) is 98.3 Å². The Hall–Kier alpha value is -3.92. The monoisotopic (exact) mass is 475 g/mol. The van der Waals surface area contributed by atoms with Crippen LogP contribution in [0.1, 0.15) is 21.5 Å². The van der Waals surface area contributed by atoms with Crippen molar-refractivity contribution in [2.45, 2.75) is 13.1 Å². The molecule has 1 aromatic heterocycles. The second kappa shape index (κ2) is 8.21. The van der Waals surface area contributed by atoms with Crippen LogP contribution in [-0.2, 0) is 6.18 Å². The largest absolute Gasteiger partial charge is 0.436 e. The van der Waals surface area contributed by atoms with Gasteiger partial charge < -0.3 is 9.73 Å². The van der Waals surface area contributed by atoms with Crippen molar-refractivity contribution in [3.63, 3.8) is 0 Å². The Labute approximate surface area is 189 Å². The van der Waals surface area contributed by atoms with Gasteiger partial charge in [-0.3, -0.25) is 14.9 Å². The van der Waals surface area contributed by atoms with Crippen LogP contribution in [0, 0.1) is 17.0 Å². The highest BCUT2D eigenvalue weighted by Crippen LogP contribution is 2.36. The van der Waals surface area contributed by atoms with Crippen LogP contribution in [0.5, 0.6) is 0 Å². The zero-order valence-electron chi connectivity index (χ0n) is 16.7. The van der Waals surface area contributed by atoms with E-state index in [1.807, 2.05) is 0 Å². The van der Waals surface area contributed by atoms with Gasteiger partial charge in [-0.05, 0) is 48.9 Å². The van der Waals surface area contributed by atoms with Crippen LogP contribution in [0.4, 0.5) is 24.5 Å². The molecule has 0 fully saturated rings. The van der Waals surface area contributed by atoms with E-state index >= 15 is 0 Å². The SMILES string of the molecule is Cc1c(NC(=O)c2ccc([N+](=O)[O-])cc2C(F)(F)F)cccc1-c1nc2cc(Cl)ccc2o1. The molecule has 0 aliphatic heterocycles. The number of hydrogen-bond donors (Lipinski definition) is 1. The smallest absolute Gasteiger partial charge is 0.417 e. The number of nitrogens with one attached hydrogen (secondary N) is 1. The molecule has 0 aliphatic rings. The van der Waals surface area contributed by atoms with Crippen LogP contribution in [0.15, 0.2) is 59.0 Å². The number of benzene rings is 3. The number of non-ortho nitro benzene ring substituents is 1. The van der Waals surface area contributed by atoms with E-state index in [1.54, 1.807) is 37.3 Å². The molecule has 7 nitrogen and oxygen atoms in total. The Morgan fingerprint density at radius 3 is 2.61 bits per heavy atom. The molecule has 0 spiro atoms. The molecule has 33 heavy (non-hydrogen) atoms. The average molecular weight is 476 g/mol. The zero-order chi connectivity index (χ0) is 23.9. The number of anilines is 1. The van der Waals surface area contributed by atoms with Crippen molar-refractivity contribution in [2.75, 3.05) is 5.32 Å². The maximum absolute atomic E-state index is 13.5. The molecule has 0 unspecified atom stereocenters. The van der Waals surface area contributed by atoms with Crippen LogP contribution >= 0.6 is 11.6 Å². The predicted octanol–water partition coefficient (Wildman–Crippen LogP) is 6.64. The first-order valence-corrected chi connectivity index (χ1v) is 9.75. The minimum atomic E-state index is -4.96. The molecule has 168 valence electrons. The summed E-state index contributed by atoms with van der Waals surface area (Å²) in [6.45, 7) is 1.65. The van der Waals surface area contributed by atoms with Crippen molar-refractivity contribution in [1.29, 1.82) is 0 Å². The second-order valence-electron chi connectivity index (χ2n) is 7.05. The fourth-order valence-corrected chi connectivity index (χ4v) is 3.45. The van der Waals surface area contributed by atoms with Gasteiger partial charge in [-0.15, -0.1) is 0 Å². The number of nitro benzene ring substituents is 1. The lowest BCUT2D eigenvalue weighted by molar-refractivity contribution is -0.385. The molecular weight excluding hydrogens is 463 g/mol. The van der Waals surface area contributed by atoms with Crippen molar-refractivity contribution < 1.29 is 27.3 Å². The highest BCUT2D eigenvalue weighted by Gasteiger charge is 2.37. The summed E-state index contributed by atoms with van der Waals surface area (Å²) >= 11 is 5.97. The Morgan fingerprint density at radius 1 is 1.15 bits per heavy atom. The lowest BCUT2D eigenvalue weighted by atomic mass is 10.0. The standard InChI is InChI=1S/C22H13ClF3N3O4/c1-11-14(21-28-18-9-12(23)5-8-19(18)33-21)3-2-4-17(11)27-20(30)15-7-6-13(29(31)32)10-16(15)22(24,25)26/h2-10H,1H3,(H,27,30). The average Bonchev–Trinajstić information content (AvgIpc) is 3.17. The van der Waals surface area contributed by atoms with E-state index < -0.39 is 33.8 Å². The van der Waals surface area contributed by atoms with Gasteiger partial charge in [0.25, 0.3) is 11.6 Å². The third-order valence-electron chi connectivity index (χ3n) is 4.93. The molecule has 0 bridgehead atoms. The van der Waals surface area contributed by atoms with E-state index in [4.69, 9.17) is 16.0 Å². The summed E-state index contributed by atoms with van der Waals surface area (Å²) in [5.41, 5.74) is -0.666. The Bertz CT molecular complexity index is 1420. The van der Waals surface area contributed by atoms with Crippen LogP contribution < -0.4 is 5.32 Å². The summed E-state index contributed by atoms with van der Waals surface area (Å²) in [6, 6.07) is 11.7. The van der Waals surface area contributed by atoms with Crippen molar-refractivity contribution in [1.82, 2.24) is 4.98 Å². The number of hydrogen-bond acceptors (Lipinski definition) is 5. The minimum Gasteiger partial charge on any atom is -0.436 e. The first-order valence-electron chi connectivity index (χ1n) is 9.37. The minimum absolute atomic E-state index is 0.226. The summed E-state index contributed by atoms with van der Waals surface area (Å²) in [7, 11) is 0. The van der Waals surface area contributed by atoms with Gasteiger partial charge in [-0.1, -0.05) is 17.7 Å². The molecule has 1 heterocycles. The van der Waals surface area contributed by atoms with Gasteiger partial charge in [0.2, 0.25) is 5.89 Å². The number of aromatic nitrogens is 1. The lowest BCUT2D eigenvalue weighted by Gasteiger charge is -2.14. The van der Waals surface area contributed by atoms with E-state index in [2.05, 4.69) is 10.3 Å². The fourth-order valence-electron chi connectivity index (χ4n) is 3.29. The molecule has 0 aliphatic carbocycles. The summed E-state index contributed by atoms with van der Waals surface area (Å²) < 4.78 is 46.1. The summed E-state index contributed by atoms with van der Waals surface area (Å²) in [4.78, 5) is 27.0. The number of halogens is 4. The van der Waals surface area contributed by atoms with E-state index in [1.165, 1.54) is 6.07 Å². The summed E-state index contributed by atoms with van der Waals surface area (Å²) in [6.07, 6.45) is -4.96. The highest BCUT2D eigenvalue weighted by atomic mass is 35.5. The number of carbonyl (C=O) groups is 1. The molecule has 3 aromatic carbocycles. The lowest BCUT2D eigenvalue weighted by Crippen LogP contribution is -2.19. The van der Waals surface area contributed by atoms with Crippen LogP contribution in [0.2, 0.25) is 5.02 Å². The highest BCUT2D eigenvalue weighted by molar-refractivity contribution is 6.31. The Morgan fingerprint density at radius 2 is 1.91 bits per heavy atom. The first kappa shape index (κ1) is 22.3. The van der Waals surface area contributed by atoms with Gasteiger partial charge in [-0.2, -0.15) is 13.2 Å². The number of alkyl halides is 3. The van der Waals surface area contributed by atoms with E-state index in [9.17, 15) is 28.1 Å². The van der Waals surface area contributed by atoms with Crippen LogP contribution in [0.3, 0.4) is 0 Å². The zero-order valence-corrected chi connectivity index (χ0v) is 17.5. The van der Waals surface area contributed by atoms with Gasteiger partial charge in [0.15, 0.2) is 5.58 Å². The molecule has 1 N–H and O–H groups in total. The molecule has 0 atom stereocenters. The van der Waals surface area contributed by atoms with Gasteiger partial charge in [0.1, 0.15) is 5.52 Å². The normalized spacial score (nSPS) is 11.5. The Balaban J connectivity index is 1.70.